The van der Waals surface area contributed by atoms with E-state index in [1.54, 1.807) is 20.8 Å². The minimum Gasteiger partial charge on any atom is -0.508 e. The fraction of sp³-hybridized carbons (Fsp3) is 0.366. The van der Waals surface area contributed by atoms with Gasteiger partial charge in [0.1, 0.15) is 107 Å². The number of benzene rings is 6. The number of nitrogens with zero attached hydrogens (tertiary/aromatic N) is 2. The third-order valence-electron chi connectivity index (χ3n) is 21.4. The molecule has 11 bridgehead atoms. The van der Waals surface area contributed by atoms with Gasteiger partial charge in [-0.1, -0.05) is 72.9 Å². The molecule has 0 saturated carbocycles. The number of hydrogen-bond acceptors (Lipinski definition) is 29. The van der Waals surface area contributed by atoms with Gasteiger partial charge in [0, 0.05) is 54.5 Å². The molecule has 7 aliphatic rings. The Morgan fingerprint density at radius 3 is 2.02 bits per heavy atom. The molecule has 7 aliphatic heterocycles. The van der Waals surface area contributed by atoms with E-state index in [0.29, 0.717) is 5.56 Å². The van der Waals surface area contributed by atoms with Gasteiger partial charge in [-0.15, -0.1) is 0 Å². The fourth-order valence-corrected chi connectivity index (χ4v) is 15.6. The van der Waals surface area contributed by atoms with Crippen LogP contribution >= 0.6 is 34.8 Å². The minimum absolute atomic E-state index is 0.0684. The second-order valence-electron chi connectivity index (χ2n) is 31.0. The van der Waals surface area contributed by atoms with Crippen LogP contribution in [0.4, 0.5) is 10.2 Å². The quantitative estimate of drug-likeness (QED) is 0.0218. The predicted molar refractivity (Wildman–Crippen MR) is 446 cm³/mol. The van der Waals surface area contributed by atoms with E-state index < -0.39 is 277 Å². The van der Waals surface area contributed by atoms with Crippen molar-refractivity contribution in [2.45, 2.75) is 163 Å². The summed E-state index contributed by atoms with van der Waals surface area (Å²) in [4.78, 5) is 150. The van der Waals surface area contributed by atoms with Crippen LogP contribution in [0, 0.1) is 17.1 Å². The van der Waals surface area contributed by atoms with E-state index >= 15 is 24.0 Å². The Labute approximate surface area is 735 Å². The first-order valence-corrected chi connectivity index (χ1v) is 40.4. The lowest BCUT2D eigenvalue weighted by molar-refractivity contribution is -0.334. The van der Waals surface area contributed by atoms with Gasteiger partial charge >= 0.3 is 5.69 Å². The third-order valence-corrected chi connectivity index (χ3v) is 22.3. The molecule has 127 heavy (non-hydrogen) atoms. The summed E-state index contributed by atoms with van der Waals surface area (Å²) in [6.45, 7) is 5.45. The summed E-state index contributed by atoms with van der Waals surface area (Å²) in [5.41, 5.74) is 10.7. The van der Waals surface area contributed by atoms with Gasteiger partial charge < -0.3 is 134 Å². The number of aliphatic hydroxyl groups excluding tert-OH is 6. The molecule has 7 aromatic rings. The maximum atomic E-state index is 16.3. The molecule has 45 heteroatoms. The summed E-state index contributed by atoms with van der Waals surface area (Å²) in [5, 5.41) is 137. The number of aromatic hydroxyl groups is 3. The lowest BCUT2D eigenvalue weighted by atomic mass is 9.85. The van der Waals surface area contributed by atoms with Crippen LogP contribution < -0.4 is 90.1 Å². The van der Waals surface area contributed by atoms with Gasteiger partial charge in [0.25, 0.3) is 5.91 Å². The molecule has 0 aliphatic carbocycles. The van der Waals surface area contributed by atoms with Gasteiger partial charge in [-0.3, -0.25) is 64.0 Å². The molecule has 2 saturated heterocycles. The van der Waals surface area contributed by atoms with Crippen LogP contribution in [0.5, 0.6) is 46.0 Å². The van der Waals surface area contributed by atoms with Crippen molar-refractivity contribution < 1.29 is 122 Å². The molecule has 41 nitrogen and oxygen atoms in total. The van der Waals surface area contributed by atoms with Gasteiger partial charge in [-0.25, -0.2) is 9.18 Å². The summed E-state index contributed by atoms with van der Waals surface area (Å²) in [5.74, 6) is -18.3. The van der Waals surface area contributed by atoms with Crippen LogP contribution in [0.15, 0.2) is 120 Å². The number of amides is 9. The Morgan fingerprint density at radius 1 is 0.732 bits per heavy atom. The number of phenolic OH excluding ortho intramolecular Hbond substituents is 3. The molecule has 6 aromatic carbocycles. The van der Waals surface area contributed by atoms with Gasteiger partial charge in [-0.05, 0) is 145 Å². The molecule has 0 radical (unpaired) electrons. The lowest BCUT2D eigenvalue weighted by Gasteiger charge is -2.48. The number of hydrogen-bond donors (Lipinski definition) is 23. The van der Waals surface area contributed by atoms with Crippen LogP contribution in [0.2, 0.25) is 15.1 Å². The van der Waals surface area contributed by atoms with Crippen LogP contribution in [0.3, 0.4) is 0 Å². The van der Waals surface area contributed by atoms with Crippen LogP contribution in [0.25, 0.3) is 17.2 Å². The van der Waals surface area contributed by atoms with E-state index in [2.05, 4.69) is 63.7 Å². The number of halogens is 4. The van der Waals surface area contributed by atoms with Crippen molar-refractivity contribution in [1.82, 2.24) is 62.9 Å². The van der Waals surface area contributed by atoms with Crippen molar-refractivity contribution >= 4 is 106 Å². The van der Waals surface area contributed by atoms with Crippen molar-refractivity contribution in [2.24, 2.45) is 17.4 Å². The molecular weight excluding hydrogens is 1730 g/mol. The number of anilines is 1. The van der Waals surface area contributed by atoms with Gasteiger partial charge in [-0.2, -0.15) is 4.98 Å². The number of guanidine groups is 1. The zero-order chi connectivity index (χ0) is 92.1. The molecular formula is C82H90Cl3FN16O25. The smallest absolute Gasteiger partial charge is 0.349 e. The number of phenols is 3. The Bertz CT molecular complexity index is 5550. The molecule has 1 aromatic heterocycles. The number of hydrazine groups is 1. The fourth-order valence-electron chi connectivity index (χ4n) is 14.9. The number of fused-ring (bicyclic) bond motifs is 15. The maximum Gasteiger partial charge on any atom is 0.349 e. The standard InChI is InChI=1S/C82H90Cl3FN16O25/c1-32(2)20-46(90-5)72(114)98-63-65(109)36-9-13-50(43(84)23-36)123-52-25-38-26-53(69(52)127-79-70(68(112)67(111)54(31-103)125-79)126-58-30-82(4,71(113)33(3)122-58)91-17-19-102-18-16-56(94-81(102)121)93-57(108)15-7-34-6-11-45(86)42(83)21-34)124-51-14-10-37(24-44(51)85)66(110)64-77(119)97-62(78(120)100-101-80(88)89)41-27-39(104)28-49(106)59(41)40-22-35(8-12-48(40)105)60(74(116)99-64)96-75(117)61(38)95-73(115)47(29-55(87)107)92-76(63)118/h6-16,18,21-28,32-33,46-47,54,58,60-68,70-71,79,90-91,103-106,109-113H,17,19-20,29-31H2,1-5H3,(H2,87,107)(H,92,118)(H,95,115)(H,96,117)(H,97,119)(H,98,114)(H,99,116)(H,100,120)(H4,88,89,101)(H,93,94,108,121)/b15-7+/t33-,46+,47-,54+,58-,60+,61+,62+,63+,64-,65+,66+,67+,68-,70+,71+,79-,82-/m0/s1. The molecule has 9 amide bonds. The first-order valence-electron chi connectivity index (χ1n) is 39.3. The van der Waals surface area contributed by atoms with E-state index in [-0.39, 0.29) is 53.8 Å². The normalized spacial score (nSPS) is 25.7. The molecule has 8 heterocycles. The summed E-state index contributed by atoms with van der Waals surface area (Å²) >= 11 is 20.2. The third kappa shape index (κ3) is 21.5. The number of ether oxygens (including phenoxy) is 6. The molecule has 676 valence electrons. The molecule has 2 fully saturated rings. The molecule has 18 atom stereocenters. The van der Waals surface area contributed by atoms with Crippen LogP contribution in [-0.2, 0) is 63.9 Å². The summed E-state index contributed by atoms with van der Waals surface area (Å²) in [6, 6.07) is 4.11. The topological polar surface area (TPSA) is 634 Å². The van der Waals surface area contributed by atoms with Gasteiger partial charge in [0.05, 0.1) is 46.3 Å². The first-order chi connectivity index (χ1) is 60.2. The van der Waals surface area contributed by atoms with Crippen LogP contribution in [0.1, 0.15) is 111 Å². The zero-order valence-corrected chi connectivity index (χ0v) is 70.1. The number of aromatic nitrogens is 2. The predicted octanol–water partition coefficient (Wildman–Crippen LogP) is 0.868. The summed E-state index contributed by atoms with van der Waals surface area (Å²) in [7, 11) is 1.46. The SMILES string of the molecule is CN[C@H](CC(C)C)C(=O)N[C@H]1C(=O)N[C@@H](CC(N)=O)C(=O)N[C@H]2C(=O)N[C@H]3C(=O)N[C@H](C(=O)N[C@@H](C(=O)NNC(=N)N)c4cc(O)cc(O)c4-c4cc3ccc4O)[C@H](O)c3ccc(c(Cl)c3)Oc3cc2cc(c3O[C@@H]2O[C@H](CO)[C@@H](O)[C@H](O)[C@H]2O[C@H]2C[C@](C)(NCCn3ccc(NC(=O)/C=C/c4ccc(F)c(Cl)c4)nc3=O)[C@H](O)[C@H](C)O2)Oc2ccc(cc2Cl)[C@H]1O. The number of primary amides is 1. The van der Waals surface area contributed by atoms with Crippen LogP contribution in [-0.4, -0.2) is 214 Å². The van der Waals surface area contributed by atoms with Crippen molar-refractivity contribution in [3.05, 3.63) is 180 Å². The highest BCUT2D eigenvalue weighted by Crippen LogP contribution is 2.50. The highest BCUT2D eigenvalue weighted by atomic mass is 35.5. The highest BCUT2D eigenvalue weighted by Gasteiger charge is 2.52. The minimum atomic E-state index is -2.42. The Kier molecular flexibility index (Phi) is 29.3. The van der Waals surface area contributed by atoms with E-state index in [0.717, 1.165) is 84.9 Å². The van der Waals surface area contributed by atoms with Crippen molar-refractivity contribution in [3.8, 4) is 57.1 Å². The van der Waals surface area contributed by atoms with E-state index in [9.17, 15) is 74.3 Å². The second-order valence-corrected chi connectivity index (χ2v) is 32.2. The average Bonchev–Trinajstić information content (AvgIpc) is 0.767. The Morgan fingerprint density at radius 2 is 1.39 bits per heavy atom. The number of rotatable bonds is 20. The number of nitrogens with two attached hydrogens (primary N) is 2. The maximum absolute atomic E-state index is 16.3. The molecule has 14 rings (SSSR count). The van der Waals surface area contributed by atoms with Crippen molar-refractivity contribution in [1.29, 1.82) is 5.41 Å². The van der Waals surface area contributed by atoms with Crippen molar-refractivity contribution in [2.75, 3.05) is 25.5 Å². The Balaban J connectivity index is 0.994. The number of carbonyl (C=O) groups is 9. The van der Waals surface area contributed by atoms with E-state index in [1.165, 1.54) is 55.1 Å². The highest BCUT2D eigenvalue weighted by molar-refractivity contribution is 6.32. The van der Waals surface area contributed by atoms with Gasteiger partial charge in [0.15, 0.2) is 23.9 Å². The number of nitrogens with one attached hydrogen (secondary N) is 12. The monoisotopic (exact) mass is 1820 g/mol. The first kappa shape index (κ1) is 93.7. The summed E-state index contributed by atoms with van der Waals surface area (Å²) in [6.07, 6.45) is -16.0. The second kappa shape index (κ2) is 39.6. The number of carbonyl (C=O) groups excluding carboxylic acids is 9. The van der Waals surface area contributed by atoms with Gasteiger partial charge in [0.2, 0.25) is 65.3 Å². The largest absolute Gasteiger partial charge is 0.508 e. The number of likely N-dealkylation sites (N-methyl/N-ethyl adjacent to an activating group) is 1. The zero-order valence-electron chi connectivity index (χ0n) is 67.8. The molecule has 25 N–H and O–H groups in total. The average molecular weight is 1830 g/mol. The Hall–Kier alpha value is -12.4. The number of aliphatic hydroxyl groups is 6. The van der Waals surface area contributed by atoms with E-state index in [4.69, 9.17) is 80.1 Å². The molecule has 0 spiro atoms. The van der Waals surface area contributed by atoms with Crippen molar-refractivity contribution in [3.63, 3.8) is 0 Å². The summed E-state index contributed by atoms with van der Waals surface area (Å²) < 4.78 is 54.3. The molecule has 0 unspecified atom stereocenters. The lowest BCUT2D eigenvalue weighted by Crippen LogP contribution is -2.65. The van der Waals surface area contributed by atoms with E-state index in [1.807, 2.05) is 0 Å².